The smallest absolute Gasteiger partial charge is 0.293 e. The molecule has 4 rings (SSSR count). The first kappa shape index (κ1) is 8.26. The maximum atomic E-state index is 10.3. The van der Waals surface area contributed by atoms with E-state index in [0.29, 0.717) is 43.2 Å². The van der Waals surface area contributed by atoms with E-state index in [-0.39, 0.29) is 6.10 Å². The van der Waals surface area contributed by atoms with Crippen LogP contribution in [0.5, 0.6) is 0 Å². The van der Waals surface area contributed by atoms with Crippen molar-refractivity contribution in [2.45, 2.75) is 12.5 Å². The van der Waals surface area contributed by atoms with Gasteiger partial charge >= 0.3 is 0 Å². The summed E-state index contributed by atoms with van der Waals surface area (Å²) < 4.78 is 9.91. The molecule has 0 spiro atoms. The highest BCUT2D eigenvalue weighted by molar-refractivity contribution is 5.40. The van der Waals surface area contributed by atoms with Crippen LogP contribution >= 0.6 is 0 Å². The number of hydrogen-bond acceptors (Lipinski definition) is 4. The summed E-state index contributed by atoms with van der Waals surface area (Å²) in [5.41, 5.74) is 0. The predicted molar refractivity (Wildman–Crippen MR) is 45.0 cm³/mol. The summed E-state index contributed by atoms with van der Waals surface area (Å²) in [6.45, 7) is 1.56. The second-order valence-electron chi connectivity index (χ2n) is 4.51. The molecule has 0 N–H and O–H groups in total. The summed E-state index contributed by atoms with van der Waals surface area (Å²) in [6.07, 6.45) is 1.27. The van der Waals surface area contributed by atoms with Crippen LogP contribution in [0.15, 0.2) is 0 Å². The minimum atomic E-state index is 0.114. The van der Waals surface area contributed by atoms with Gasteiger partial charge in [-0.3, -0.25) is 9.59 Å². The summed E-state index contributed by atoms with van der Waals surface area (Å²) in [6, 6.07) is 0. The van der Waals surface area contributed by atoms with Gasteiger partial charge in [-0.25, -0.2) is 0 Å². The van der Waals surface area contributed by atoms with E-state index in [0.717, 1.165) is 12.3 Å². The maximum Gasteiger partial charge on any atom is 0.293 e. The van der Waals surface area contributed by atoms with Crippen LogP contribution in [0, 0.1) is 29.6 Å². The van der Waals surface area contributed by atoms with Gasteiger partial charge in [0.15, 0.2) is 0 Å². The normalized spacial score (nSPS) is 51.4. The quantitative estimate of drug-likeness (QED) is 0.590. The van der Waals surface area contributed by atoms with E-state index in [9.17, 15) is 9.59 Å². The van der Waals surface area contributed by atoms with Crippen molar-refractivity contribution < 1.29 is 19.1 Å². The second-order valence-corrected chi connectivity index (χ2v) is 4.51. The third-order valence-electron chi connectivity index (χ3n) is 4.25. The zero-order chi connectivity index (χ0) is 9.71. The Bertz CT molecular complexity index is 277. The summed E-state index contributed by atoms with van der Waals surface area (Å²) >= 11 is 0. The fourth-order valence-electron chi connectivity index (χ4n) is 3.89. The van der Waals surface area contributed by atoms with Gasteiger partial charge in [-0.1, -0.05) is 0 Å². The van der Waals surface area contributed by atoms with Crippen molar-refractivity contribution in [2.75, 3.05) is 6.61 Å². The van der Waals surface area contributed by atoms with Crippen LogP contribution in [0.25, 0.3) is 0 Å². The predicted octanol–water partition coefficient (Wildman–Crippen LogP) is 0.213. The molecule has 0 aromatic heterocycles. The van der Waals surface area contributed by atoms with Crippen LogP contribution in [-0.2, 0) is 19.1 Å². The lowest BCUT2D eigenvalue weighted by atomic mass is 9.98. The average Bonchev–Trinajstić information content (AvgIpc) is 2.54. The number of rotatable bonds is 5. The molecule has 6 atom stereocenters. The lowest BCUT2D eigenvalue weighted by molar-refractivity contribution is -0.137. The third kappa shape index (κ3) is 0.837. The molecule has 4 aliphatic carbocycles. The van der Waals surface area contributed by atoms with Crippen molar-refractivity contribution in [3.05, 3.63) is 0 Å². The van der Waals surface area contributed by atoms with Gasteiger partial charge < -0.3 is 9.47 Å². The summed E-state index contributed by atoms with van der Waals surface area (Å²) in [5, 5.41) is 0. The van der Waals surface area contributed by atoms with E-state index in [2.05, 4.69) is 0 Å². The highest BCUT2D eigenvalue weighted by atomic mass is 16.5. The van der Waals surface area contributed by atoms with Crippen molar-refractivity contribution >= 4 is 12.9 Å². The van der Waals surface area contributed by atoms with Gasteiger partial charge in [-0.05, 0) is 18.3 Å². The standard InChI is InChI=1S/C10H12O4/c11-3-13-2-7-5-1-6-8(7)9(6)10(5)14-4-12/h3-10H,1-2H2. The van der Waals surface area contributed by atoms with Crippen LogP contribution in [0.2, 0.25) is 0 Å². The number of carbonyl (C=O) groups is 2. The summed E-state index contributed by atoms with van der Waals surface area (Å²) in [7, 11) is 0. The Morgan fingerprint density at radius 2 is 2.00 bits per heavy atom. The SMILES string of the molecule is O=COCC1C2CC3C1C3C2OC=O. The zero-order valence-electron chi connectivity index (χ0n) is 7.67. The molecule has 0 aliphatic heterocycles. The lowest BCUT2D eigenvalue weighted by Crippen LogP contribution is -2.22. The highest BCUT2D eigenvalue weighted by Crippen LogP contribution is 2.73. The minimum absolute atomic E-state index is 0.114. The fraction of sp³-hybridized carbons (Fsp3) is 0.800. The molecule has 0 radical (unpaired) electrons. The molecule has 0 aromatic carbocycles. The Kier molecular flexibility index (Phi) is 1.60. The Morgan fingerprint density at radius 3 is 2.64 bits per heavy atom. The molecule has 4 fully saturated rings. The minimum Gasteiger partial charge on any atom is -0.468 e. The Hall–Kier alpha value is -1.06. The molecular formula is C10H12O4. The maximum absolute atomic E-state index is 10.3. The largest absolute Gasteiger partial charge is 0.468 e. The van der Waals surface area contributed by atoms with Crippen LogP contribution in [-0.4, -0.2) is 25.7 Å². The van der Waals surface area contributed by atoms with Crippen LogP contribution in [0.4, 0.5) is 0 Å². The first-order valence-corrected chi connectivity index (χ1v) is 5.03. The molecule has 4 bridgehead atoms. The van der Waals surface area contributed by atoms with E-state index >= 15 is 0 Å². The van der Waals surface area contributed by atoms with Crippen molar-refractivity contribution in [2.24, 2.45) is 29.6 Å². The number of carbonyl (C=O) groups excluding carboxylic acids is 2. The summed E-state index contributed by atoms with van der Waals surface area (Å²) in [4.78, 5) is 20.4. The molecule has 0 heterocycles. The Balaban J connectivity index is 1.69. The number of hydrogen-bond donors (Lipinski definition) is 0. The first-order valence-electron chi connectivity index (χ1n) is 5.03. The molecule has 4 nitrogen and oxygen atoms in total. The summed E-state index contributed by atoms with van der Waals surface area (Å²) in [5.74, 6) is 2.86. The topological polar surface area (TPSA) is 52.6 Å². The molecule has 4 heteroatoms. The molecule has 4 saturated carbocycles. The van der Waals surface area contributed by atoms with Crippen LogP contribution in [0.3, 0.4) is 0 Å². The van der Waals surface area contributed by atoms with Crippen LogP contribution in [0.1, 0.15) is 6.42 Å². The molecule has 4 aliphatic rings. The van der Waals surface area contributed by atoms with E-state index in [4.69, 9.17) is 9.47 Å². The Labute approximate surface area is 81.6 Å². The zero-order valence-corrected chi connectivity index (χ0v) is 7.67. The van der Waals surface area contributed by atoms with Crippen molar-refractivity contribution in [3.63, 3.8) is 0 Å². The van der Waals surface area contributed by atoms with E-state index in [1.165, 1.54) is 0 Å². The van der Waals surface area contributed by atoms with Gasteiger partial charge in [-0.2, -0.15) is 0 Å². The van der Waals surface area contributed by atoms with Gasteiger partial charge in [0.25, 0.3) is 12.9 Å². The highest BCUT2D eigenvalue weighted by Gasteiger charge is 2.74. The molecule has 0 amide bonds. The monoisotopic (exact) mass is 196 g/mol. The third-order valence-corrected chi connectivity index (χ3v) is 4.25. The van der Waals surface area contributed by atoms with E-state index < -0.39 is 0 Å². The van der Waals surface area contributed by atoms with E-state index in [1.54, 1.807) is 0 Å². The number of ether oxygens (including phenoxy) is 2. The van der Waals surface area contributed by atoms with Gasteiger partial charge in [0.05, 0.1) is 6.61 Å². The molecule has 76 valence electrons. The van der Waals surface area contributed by atoms with E-state index in [1.807, 2.05) is 0 Å². The molecule has 14 heavy (non-hydrogen) atoms. The first-order chi connectivity index (χ1) is 6.88. The Morgan fingerprint density at radius 1 is 1.14 bits per heavy atom. The average molecular weight is 196 g/mol. The van der Waals surface area contributed by atoms with Crippen LogP contribution < -0.4 is 0 Å². The van der Waals surface area contributed by atoms with Crippen molar-refractivity contribution in [1.29, 1.82) is 0 Å². The van der Waals surface area contributed by atoms with Crippen molar-refractivity contribution in [3.8, 4) is 0 Å². The molecule has 6 unspecified atom stereocenters. The fourth-order valence-corrected chi connectivity index (χ4v) is 3.89. The molecule has 0 aromatic rings. The second kappa shape index (κ2) is 2.72. The van der Waals surface area contributed by atoms with Gasteiger partial charge in [0, 0.05) is 17.8 Å². The van der Waals surface area contributed by atoms with Gasteiger partial charge in [-0.15, -0.1) is 0 Å². The van der Waals surface area contributed by atoms with Gasteiger partial charge in [0.2, 0.25) is 0 Å². The molecular weight excluding hydrogens is 184 g/mol. The lowest BCUT2D eigenvalue weighted by Gasteiger charge is -2.17. The molecule has 0 saturated heterocycles. The van der Waals surface area contributed by atoms with Crippen molar-refractivity contribution in [1.82, 2.24) is 0 Å². The van der Waals surface area contributed by atoms with Gasteiger partial charge in [0.1, 0.15) is 6.10 Å².